The van der Waals surface area contributed by atoms with Crippen molar-refractivity contribution in [2.75, 3.05) is 6.26 Å². The molecule has 0 saturated heterocycles. The molecule has 0 aliphatic rings. The SMILES string of the molecule is CSc1nnc(C(C)C)n1/N=C\c1cccc(F)c1. The van der Waals surface area contributed by atoms with Crippen LogP contribution in [0.1, 0.15) is 31.2 Å². The average Bonchev–Trinajstić information content (AvgIpc) is 2.79. The Morgan fingerprint density at radius 3 is 2.79 bits per heavy atom. The molecule has 0 N–H and O–H groups in total. The number of benzene rings is 1. The Hall–Kier alpha value is -1.69. The van der Waals surface area contributed by atoms with Crippen molar-refractivity contribution in [3.05, 3.63) is 41.5 Å². The highest BCUT2D eigenvalue weighted by molar-refractivity contribution is 7.98. The molecule has 1 aromatic carbocycles. The number of rotatable bonds is 4. The molecular formula is C13H15FN4S. The van der Waals surface area contributed by atoms with E-state index in [-0.39, 0.29) is 11.7 Å². The zero-order valence-electron chi connectivity index (χ0n) is 11.0. The zero-order chi connectivity index (χ0) is 13.8. The Labute approximate surface area is 115 Å². The van der Waals surface area contributed by atoms with E-state index in [1.807, 2.05) is 20.1 Å². The Kier molecular flexibility index (Phi) is 4.31. The van der Waals surface area contributed by atoms with Crippen molar-refractivity contribution in [2.24, 2.45) is 5.10 Å². The third-order valence-corrected chi connectivity index (χ3v) is 3.13. The molecule has 0 atom stereocenters. The van der Waals surface area contributed by atoms with Crippen molar-refractivity contribution < 1.29 is 4.39 Å². The lowest BCUT2D eigenvalue weighted by atomic mass is 10.2. The summed E-state index contributed by atoms with van der Waals surface area (Å²) in [6.45, 7) is 4.06. The first-order chi connectivity index (χ1) is 9.11. The summed E-state index contributed by atoms with van der Waals surface area (Å²) in [5.74, 6) is 0.733. The number of thioether (sulfide) groups is 1. The van der Waals surface area contributed by atoms with Gasteiger partial charge in [-0.3, -0.25) is 0 Å². The van der Waals surface area contributed by atoms with Gasteiger partial charge in [-0.05, 0) is 24.0 Å². The third-order valence-electron chi connectivity index (χ3n) is 2.51. The van der Waals surface area contributed by atoms with E-state index >= 15 is 0 Å². The predicted molar refractivity (Wildman–Crippen MR) is 75.3 cm³/mol. The summed E-state index contributed by atoms with van der Waals surface area (Å²) in [6, 6.07) is 6.29. The first-order valence-corrected chi connectivity index (χ1v) is 7.13. The van der Waals surface area contributed by atoms with Gasteiger partial charge in [0.05, 0.1) is 6.21 Å². The molecule has 2 aromatic rings. The summed E-state index contributed by atoms with van der Waals surface area (Å²) in [5.41, 5.74) is 0.704. The minimum atomic E-state index is -0.276. The number of hydrogen-bond donors (Lipinski definition) is 0. The Morgan fingerprint density at radius 2 is 2.16 bits per heavy atom. The highest BCUT2D eigenvalue weighted by Crippen LogP contribution is 2.19. The standard InChI is InChI=1S/C13H15FN4S/c1-9(2)12-16-17-13(19-3)18(12)15-8-10-5-4-6-11(14)7-10/h4-9H,1-3H3/b15-8-. The van der Waals surface area contributed by atoms with Gasteiger partial charge in [-0.25, -0.2) is 4.39 Å². The summed E-state index contributed by atoms with van der Waals surface area (Å²) < 4.78 is 14.8. The highest BCUT2D eigenvalue weighted by Gasteiger charge is 2.13. The van der Waals surface area contributed by atoms with Gasteiger partial charge < -0.3 is 0 Å². The van der Waals surface area contributed by atoms with Crippen molar-refractivity contribution >= 4 is 18.0 Å². The van der Waals surface area contributed by atoms with E-state index in [4.69, 9.17) is 0 Å². The molecule has 6 heteroatoms. The minimum Gasteiger partial charge on any atom is -0.207 e. The van der Waals surface area contributed by atoms with Crippen molar-refractivity contribution in [1.29, 1.82) is 0 Å². The molecule has 4 nitrogen and oxygen atoms in total. The van der Waals surface area contributed by atoms with Crippen LogP contribution in [0, 0.1) is 5.82 Å². The Balaban J connectivity index is 2.34. The van der Waals surface area contributed by atoms with Crippen LogP contribution in [0.2, 0.25) is 0 Å². The van der Waals surface area contributed by atoms with Crippen molar-refractivity contribution in [3.8, 4) is 0 Å². The van der Waals surface area contributed by atoms with Crippen LogP contribution in [0.25, 0.3) is 0 Å². The van der Waals surface area contributed by atoms with Gasteiger partial charge in [-0.15, -0.1) is 10.2 Å². The molecule has 0 aliphatic heterocycles. The number of halogens is 1. The summed E-state index contributed by atoms with van der Waals surface area (Å²) in [4.78, 5) is 0. The minimum absolute atomic E-state index is 0.220. The number of nitrogens with zero attached hydrogens (tertiary/aromatic N) is 4. The lowest BCUT2D eigenvalue weighted by molar-refractivity contribution is 0.627. The first-order valence-electron chi connectivity index (χ1n) is 5.91. The van der Waals surface area contributed by atoms with Crippen LogP contribution in [0.15, 0.2) is 34.5 Å². The first kappa shape index (κ1) is 13.7. The van der Waals surface area contributed by atoms with Gasteiger partial charge in [-0.1, -0.05) is 37.7 Å². The maximum atomic E-state index is 13.1. The van der Waals surface area contributed by atoms with Gasteiger partial charge in [0.1, 0.15) is 5.82 Å². The van der Waals surface area contributed by atoms with Gasteiger partial charge >= 0.3 is 0 Å². The maximum Gasteiger partial charge on any atom is 0.211 e. The number of aromatic nitrogens is 3. The smallest absolute Gasteiger partial charge is 0.207 e. The molecule has 0 unspecified atom stereocenters. The van der Waals surface area contributed by atoms with Crippen molar-refractivity contribution in [3.63, 3.8) is 0 Å². The van der Waals surface area contributed by atoms with Gasteiger partial charge in [0.2, 0.25) is 5.16 Å². The fourth-order valence-corrected chi connectivity index (χ4v) is 2.02. The lowest BCUT2D eigenvalue weighted by Gasteiger charge is -2.04. The summed E-state index contributed by atoms with van der Waals surface area (Å²) in [7, 11) is 0. The van der Waals surface area contributed by atoms with Crippen molar-refractivity contribution in [1.82, 2.24) is 14.9 Å². The van der Waals surface area contributed by atoms with Crippen molar-refractivity contribution in [2.45, 2.75) is 24.9 Å². The second kappa shape index (κ2) is 5.97. The van der Waals surface area contributed by atoms with Gasteiger partial charge in [0.25, 0.3) is 0 Å². The fraction of sp³-hybridized carbons (Fsp3) is 0.308. The second-order valence-electron chi connectivity index (χ2n) is 4.31. The molecule has 0 radical (unpaired) electrons. The fourth-order valence-electron chi connectivity index (χ4n) is 1.58. The van der Waals surface area contributed by atoms with Crippen LogP contribution in [0.3, 0.4) is 0 Å². The topological polar surface area (TPSA) is 43.1 Å². The number of hydrogen-bond acceptors (Lipinski definition) is 4. The molecule has 2 rings (SSSR count). The Bertz CT molecular complexity index is 592. The van der Waals surface area contributed by atoms with E-state index in [0.29, 0.717) is 5.56 Å². The molecule has 1 heterocycles. The van der Waals surface area contributed by atoms with Crippen LogP contribution < -0.4 is 0 Å². The highest BCUT2D eigenvalue weighted by atomic mass is 32.2. The molecule has 0 saturated carbocycles. The van der Waals surface area contributed by atoms with E-state index in [0.717, 1.165) is 11.0 Å². The molecule has 0 aliphatic carbocycles. The zero-order valence-corrected chi connectivity index (χ0v) is 11.9. The van der Waals surface area contributed by atoms with Crippen LogP contribution in [-0.2, 0) is 0 Å². The van der Waals surface area contributed by atoms with E-state index < -0.39 is 0 Å². The molecule has 0 bridgehead atoms. The van der Waals surface area contributed by atoms with E-state index in [1.165, 1.54) is 23.9 Å². The summed E-state index contributed by atoms with van der Waals surface area (Å²) in [6.07, 6.45) is 3.53. The van der Waals surface area contributed by atoms with Crippen LogP contribution in [0.5, 0.6) is 0 Å². The lowest BCUT2D eigenvalue weighted by Crippen LogP contribution is -2.02. The molecule has 19 heavy (non-hydrogen) atoms. The van der Waals surface area contributed by atoms with Gasteiger partial charge in [0, 0.05) is 5.92 Å². The van der Waals surface area contributed by atoms with Gasteiger partial charge in [0.15, 0.2) is 5.82 Å². The van der Waals surface area contributed by atoms with Crippen LogP contribution in [0.4, 0.5) is 4.39 Å². The maximum absolute atomic E-state index is 13.1. The summed E-state index contributed by atoms with van der Waals surface area (Å²) in [5, 5.41) is 13.3. The molecular weight excluding hydrogens is 263 g/mol. The summed E-state index contributed by atoms with van der Waals surface area (Å²) >= 11 is 1.47. The van der Waals surface area contributed by atoms with Gasteiger partial charge in [-0.2, -0.15) is 9.78 Å². The average molecular weight is 278 g/mol. The third kappa shape index (κ3) is 3.20. The largest absolute Gasteiger partial charge is 0.211 e. The van der Waals surface area contributed by atoms with E-state index in [2.05, 4.69) is 15.3 Å². The molecule has 100 valence electrons. The van der Waals surface area contributed by atoms with E-state index in [9.17, 15) is 4.39 Å². The second-order valence-corrected chi connectivity index (χ2v) is 5.08. The van der Waals surface area contributed by atoms with Crippen LogP contribution in [-0.4, -0.2) is 27.3 Å². The Morgan fingerprint density at radius 1 is 1.37 bits per heavy atom. The van der Waals surface area contributed by atoms with E-state index in [1.54, 1.807) is 23.0 Å². The molecule has 0 spiro atoms. The van der Waals surface area contributed by atoms with Crippen LogP contribution >= 0.6 is 11.8 Å². The quantitative estimate of drug-likeness (QED) is 0.637. The molecule has 1 aromatic heterocycles. The predicted octanol–water partition coefficient (Wildman–Crippen LogP) is 3.14. The normalized spacial score (nSPS) is 11.6. The molecule has 0 amide bonds. The monoisotopic (exact) mass is 278 g/mol. The molecule has 0 fully saturated rings.